The van der Waals surface area contributed by atoms with Crippen LogP contribution in [0.5, 0.6) is 0 Å². The van der Waals surface area contributed by atoms with Gasteiger partial charge in [-0.05, 0) is 30.7 Å². The standard InChI is InChI=1S/C16H22N2/c1-2-3-4-5-6-12-17-15-10-7-11-16-14(15)9-8-13-18-16/h7-11,13,17H,2-6,12H2,1H3. The van der Waals surface area contributed by atoms with Gasteiger partial charge >= 0.3 is 0 Å². The number of aromatic nitrogens is 1. The summed E-state index contributed by atoms with van der Waals surface area (Å²) in [6, 6.07) is 10.4. The van der Waals surface area contributed by atoms with E-state index in [2.05, 4.69) is 41.5 Å². The topological polar surface area (TPSA) is 24.9 Å². The summed E-state index contributed by atoms with van der Waals surface area (Å²) >= 11 is 0. The minimum atomic E-state index is 1.05. The van der Waals surface area contributed by atoms with E-state index in [1.807, 2.05) is 12.3 Å². The molecule has 2 aromatic rings. The number of pyridine rings is 1. The van der Waals surface area contributed by atoms with Crippen LogP contribution in [-0.4, -0.2) is 11.5 Å². The molecule has 0 spiro atoms. The van der Waals surface area contributed by atoms with Gasteiger partial charge in [0.05, 0.1) is 5.52 Å². The third-order valence-corrected chi connectivity index (χ3v) is 3.24. The smallest absolute Gasteiger partial charge is 0.0722 e. The fourth-order valence-corrected chi connectivity index (χ4v) is 2.21. The lowest BCUT2D eigenvalue weighted by Crippen LogP contribution is -2.02. The van der Waals surface area contributed by atoms with E-state index < -0.39 is 0 Å². The van der Waals surface area contributed by atoms with Crippen LogP contribution in [0.15, 0.2) is 36.5 Å². The Hall–Kier alpha value is -1.57. The molecule has 0 fully saturated rings. The Kier molecular flexibility index (Phi) is 5.00. The van der Waals surface area contributed by atoms with Gasteiger partial charge in [-0.15, -0.1) is 0 Å². The lowest BCUT2D eigenvalue weighted by atomic mass is 10.1. The van der Waals surface area contributed by atoms with Gasteiger partial charge in [-0.1, -0.05) is 38.7 Å². The van der Waals surface area contributed by atoms with E-state index in [0.29, 0.717) is 0 Å². The Morgan fingerprint density at radius 1 is 1.00 bits per heavy atom. The SMILES string of the molecule is CCCCCCCNc1cccc2ncccc12. The van der Waals surface area contributed by atoms with Crippen molar-refractivity contribution < 1.29 is 0 Å². The van der Waals surface area contributed by atoms with Gasteiger partial charge in [-0.3, -0.25) is 4.98 Å². The lowest BCUT2D eigenvalue weighted by Gasteiger charge is -2.09. The molecule has 0 radical (unpaired) electrons. The molecule has 1 aromatic heterocycles. The first-order chi connectivity index (χ1) is 8.92. The highest BCUT2D eigenvalue weighted by Crippen LogP contribution is 2.21. The number of hydrogen-bond acceptors (Lipinski definition) is 2. The molecule has 2 nitrogen and oxygen atoms in total. The highest BCUT2D eigenvalue weighted by Gasteiger charge is 1.99. The van der Waals surface area contributed by atoms with Crippen molar-refractivity contribution in [2.75, 3.05) is 11.9 Å². The molecule has 0 aliphatic carbocycles. The molecule has 0 unspecified atom stereocenters. The van der Waals surface area contributed by atoms with Crippen molar-refractivity contribution in [2.24, 2.45) is 0 Å². The minimum absolute atomic E-state index is 1.05. The summed E-state index contributed by atoms with van der Waals surface area (Å²) in [4.78, 5) is 4.37. The first-order valence-corrected chi connectivity index (χ1v) is 6.99. The average Bonchev–Trinajstić information content (AvgIpc) is 2.43. The zero-order chi connectivity index (χ0) is 12.6. The van der Waals surface area contributed by atoms with Crippen molar-refractivity contribution in [1.82, 2.24) is 4.98 Å². The van der Waals surface area contributed by atoms with Crippen molar-refractivity contribution in [2.45, 2.75) is 39.0 Å². The predicted molar refractivity (Wildman–Crippen MR) is 79.0 cm³/mol. The third kappa shape index (κ3) is 3.46. The zero-order valence-electron chi connectivity index (χ0n) is 11.2. The van der Waals surface area contributed by atoms with Gasteiger partial charge in [0, 0.05) is 23.8 Å². The number of hydrogen-bond donors (Lipinski definition) is 1. The van der Waals surface area contributed by atoms with E-state index >= 15 is 0 Å². The van der Waals surface area contributed by atoms with E-state index in [1.165, 1.54) is 43.2 Å². The molecule has 0 saturated carbocycles. The Balaban J connectivity index is 1.88. The molecule has 0 bridgehead atoms. The van der Waals surface area contributed by atoms with Crippen LogP contribution in [0, 0.1) is 0 Å². The van der Waals surface area contributed by atoms with E-state index in [4.69, 9.17) is 0 Å². The largest absolute Gasteiger partial charge is 0.384 e. The van der Waals surface area contributed by atoms with Crippen molar-refractivity contribution >= 4 is 16.6 Å². The molecule has 0 saturated heterocycles. The Morgan fingerprint density at radius 3 is 2.78 bits per heavy atom. The molecule has 0 aliphatic rings. The summed E-state index contributed by atoms with van der Waals surface area (Å²) in [5.74, 6) is 0. The maximum atomic E-state index is 4.37. The molecule has 96 valence electrons. The van der Waals surface area contributed by atoms with Crippen LogP contribution in [0.2, 0.25) is 0 Å². The monoisotopic (exact) mass is 242 g/mol. The van der Waals surface area contributed by atoms with Crippen molar-refractivity contribution in [3.8, 4) is 0 Å². The molecular formula is C16H22N2. The van der Waals surface area contributed by atoms with Crippen LogP contribution >= 0.6 is 0 Å². The van der Waals surface area contributed by atoms with Crippen LogP contribution in [0.3, 0.4) is 0 Å². The van der Waals surface area contributed by atoms with Gasteiger partial charge in [-0.25, -0.2) is 0 Å². The fourth-order valence-electron chi connectivity index (χ4n) is 2.21. The highest BCUT2D eigenvalue weighted by molar-refractivity contribution is 5.91. The maximum Gasteiger partial charge on any atom is 0.0722 e. The number of rotatable bonds is 7. The van der Waals surface area contributed by atoms with Crippen LogP contribution < -0.4 is 5.32 Å². The van der Waals surface area contributed by atoms with Crippen LogP contribution in [0.4, 0.5) is 5.69 Å². The lowest BCUT2D eigenvalue weighted by molar-refractivity contribution is 0.645. The molecular weight excluding hydrogens is 220 g/mol. The Labute approximate surface area is 109 Å². The second-order valence-electron chi connectivity index (χ2n) is 4.72. The van der Waals surface area contributed by atoms with E-state index in [0.717, 1.165) is 12.1 Å². The quantitative estimate of drug-likeness (QED) is 0.717. The van der Waals surface area contributed by atoms with Gasteiger partial charge in [-0.2, -0.15) is 0 Å². The van der Waals surface area contributed by atoms with Crippen LogP contribution in [0.25, 0.3) is 10.9 Å². The number of nitrogens with one attached hydrogen (secondary N) is 1. The third-order valence-electron chi connectivity index (χ3n) is 3.24. The molecule has 18 heavy (non-hydrogen) atoms. The summed E-state index contributed by atoms with van der Waals surface area (Å²) in [7, 11) is 0. The first kappa shape index (κ1) is 12.9. The summed E-state index contributed by atoms with van der Waals surface area (Å²) in [6.07, 6.45) is 8.44. The number of benzene rings is 1. The normalized spacial score (nSPS) is 10.7. The minimum Gasteiger partial charge on any atom is -0.384 e. The molecule has 1 heterocycles. The predicted octanol–water partition coefficient (Wildman–Crippen LogP) is 4.62. The molecule has 2 heteroatoms. The second-order valence-corrected chi connectivity index (χ2v) is 4.72. The van der Waals surface area contributed by atoms with Gasteiger partial charge in [0.15, 0.2) is 0 Å². The maximum absolute atomic E-state index is 4.37. The van der Waals surface area contributed by atoms with E-state index in [9.17, 15) is 0 Å². The van der Waals surface area contributed by atoms with Crippen molar-refractivity contribution in [3.63, 3.8) is 0 Å². The van der Waals surface area contributed by atoms with E-state index in [1.54, 1.807) is 0 Å². The molecule has 1 aromatic carbocycles. The molecule has 0 atom stereocenters. The fraction of sp³-hybridized carbons (Fsp3) is 0.438. The Bertz CT molecular complexity index is 474. The average molecular weight is 242 g/mol. The molecule has 2 rings (SSSR count). The van der Waals surface area contributed by atoms with E-state index in [-0.39, 0.29) is 0 Å². The summed E-state index contributed by atoms with van der Waals surface area (Å²) in [5.41, 5.74) is 2.27. The molecule has 0 aliphatic heterocycles. The number of anilines is 1. The highest BCUT2D eigenvalue weighted by atomic mass is 14.9. The van der Waals surface area contributed by atoms with Gasteiger partial charge in [0.2, 0.25) is 0 Å². The molecule has 1 N–H and O–H groups in total. The summed E-state index contributed by atoms with van der Waals surface area (Å²) in [5, 5.41) is 4.74. The first-order valence-electron chi connectivity index (χ1n) is 6.99. The van der Waals surface area contributed by atoms with Crippen LogP contribution in [-0.2, 0) is 0 Å². The summed E-state index contributed by atoms with van der Waals surface area (Å²) < 4.78 is 0. The zero-order valence-corrected chi connectivity index (χ0v) is 11.2. The summed E-state index contributed by atoms with van der Waals surface area (Å²) in [6.45, 7) is 3.30. The van der Waals surface area contributed by atoms with Gasteiger partial charge in [0.1, 0.15) is 0 Å². The Morgan fingerprint density at radius 2 is 1.89 bits per heavy atom. The molecule has 0 amide bonds. The number of fused-ring (bicyclic) bond motifs is 1. The number of nitrogens with zero attached hydrogens (tertiary/aromatic N) is 1. The number of unbranched alkanes of at least 4 members (excludes halogenated alkanes) is 4. The van der Waals surface area contributed by atoms with Crippen molar-refractivity contribution in [3.05, 3.63) is 36.5 Å². The van der Waals surface area contributed by atoms with Gasteiger partial charge < -0.3 is 5.32 Å². The van der Waals surface area contributed by atoms with Gasteiger partial charge in [0.25, 0.3) is 0 Å². The van der Waals surface area contributed by atoms with Crippen LogP contribution in [0.1, 0.15) is 39.0 Å². The van der Waals surface area contributed by atoms with Crippen molar-refractivity contribution in [1.29, 1.82) is 0 Å². The second kappa shape index (κ2) is 7.00.